The summed E-state index contributed by atoms with van der Waals surface area (Å²) >= 11 is 3.44. The Morgan fingerprint density at radius 3 is 2.43 bits per heavy atom. The molecule has 1 atom stereocenters. The molecule has 0 aliphatic rings. The van der Waals surface area contributed by atoms with Crippen molar-refractivity contribution in [3.05, 3.63) is 33.8 Å². The third-order valence-corrected chi connectivity index (χ3v) is 3.55. The molecular weight excluding hydrogens is 336 g/mol. The predicted molar refractivity (Wildman–Crippen MR) is 85.0 cm³/mol. The van der Waals surface area contributed by atoms with Crippen LogP contribution in [-0.4, -0.2) is 23.5 Å². The molecule has 0 heterocycles. The van der Waals surface area contributed by atoms with E-state index in [0.29, 0.717) is 0 Å². The fraction of sp³-hybridized carbons (Fsp3) is 0.467. The van der Waals surface area contributed by atoms with Gasteiger partial charge >= 0.3 is 5.97 Å². The van der Waals surface area contributed by atoms with Crippen molar-refractivity contribution < 1.29 is 14.7 Å². The van der Waals surface area contributed by atoms with Gasteiger partial charge in [0.05, 0.1) is 19.0 Å². The van der Waals surface area contributed by atoms with Crippen LogP contribution < -0.4 is 11.1 Å². The fourth-order valence-corrected chi connectivity index (χ4v) is 2.44. The van der Waals surface area contributed by atoms with Crippen LogP contribution in [0.4, 0.5) is 0 Å². The topological polar surface area (TPSA) is 92.4 Å². The number of carbonyl (C=O) groups is 2. The number of nitrogens with one attached hydrogen (secondary N) is 1. The number of amides is 1. The largest absolute Gasteiger partial charge is 0.481 e. The summed E-state index contributed by atoms with van der Waals surface area (Å²) in [5.74, 6) is -1.35. The van der Waals surface area contributed by atoms with Gasteiger partial charge < -0.3 is 16.2 Å². The van der Waals surface area contributed by atoms with E-state index in [1.807, 2.05) is 18.2 Å². The van der Waals surface area contributed by atoms with Crippen LogP contribution in [0.3, 0.4) is 0 Å². The number of halogens is 1. The van der Waals surface area contributed by atoms with E-state index in [0.717, 1.165) is 15.6 Å². The molecule has 1 amide bonds. The Morgan fingerprint density at radius 1 is 1.33 bits per heavy atom. The molecule has 21 heavy (non-hydrogen) atoms. The summed E-state index contributed by atoms with van der Waals surface area (Å²) in [5, 5.41) is 11.7. The van der Waals surface area contributed by atoms with E-state index in [-0.39, 0.29) is 24.3 Å². The van der Waals surface area contributed by atoms with Crippen molar-refractivity contribution in [2.75, 3.05) is 6.54 Å². The Balaban J connectivity index is 3.20. The van der Waals surface area contributed by atoms with Gasteiger partial charge in [0.25, 0.3) is 0 Å². The zero-order valence-electron chi connectivity index (χ0n) is 12.4. The number of carboxylic acids is 1. The third-order valence-electron chi connectivity index (χ3n) is 3.09. The van der Waals surface area contributed by atoms with Gasteiger partial charge in [-0.3, -0.25) is 9.59 Å². The molecule has 1 aromatic carbocycles. The summed E-state index contributed by atoms with van der Waals surface area (Å²) in [5.41, 5.74) is 7.02. The van der Waals surface area contributed by atoms with Crippen molar-refractivity contribution in [2.45, 2.75) is 38.6 Å². The maximum Gasteiger partial charge on any atom is 0.305 e. The van der Waals surface area contributed by atoms with E-state index >= 15 is 0 Å². The third kappa shape index (κ3) is 5.47. The van der Waals surface area contributed by atoms with Crippen LogP contribution in [0.2, 0.25) is 0 Å². The van der Waals surface area contributed by atoms with E-state index in [1.54, 1.807) is 0 Å². The summed E-state index contributed by atoms with van der Waals surface area (Å²) in [4.78, 5) is 22.5. The van der Waals surface area contributed by atoms with Crippen molar-refractivity contribution in [3.8, 4) is 0 Å². The number of hydrogen-bond acceptors (Lipinski definition) is 3. The van der Waals surface area contributed by atoms with Gasteiger partial charge in [0.15, 0.2) is 0 Å². The first-order chi connectivity index (χ1) is 9.63. The Bertz CT molecular complexity index is 538. The molecule has 116 valence electrons. The van der Waals surface area contributed by atoms with E-state index in [2.05, 4.69) is 42.0 Å². The van der Waals surface area contributed by atoms with Crippen LogP contribution in [-0.2, 0) is 15.0 Å². The van der Waals surface area contributed by atoms with E-state index in [4.69, 9.17) is 10.8 Å². The monoisotopic (exact) mass is 356 g/mol. The minimum atomic E-state index is -0.977. The molecule has 0 aliphatic carbocycles. The average Bonchev–Trinajstić information content (AvgIpc) is 2.35. The van der Waals surface area contributed by atoms with Gasteiger partial charge in [0.2, 0.25) is 5.91 Å². The van der Waals surface area contributed by atoms with Gasteiger partial charge in [-0.2, -0.15) is 0 Å². The second-order valence-electron chi connectivity index (χ2n) is 5.95. The Morgan fingerprint density at radius 2 is 1.95 bits per heavy atom. The van der Waals surface area contributed by atoms with Gasteiger partial charge in [0, 0.05) is 4.47 Å². The highest BCUT2D eigenvalue weighted by Gasteiger charge is 2.21. The summed E-state index contributed by atoms with van der Waals surface area (Å²) in [7, 11) is 0. The Hall–Kier alpha value is -1.40. The van der Waals surface area contributed by atoms with E-state index < -0.39 is 12.0 Å². The van der Waals surface area contributed by atoms with Crippen LogP contribution >= 0.6 is 15.9 Å². The van der Waals surface area contributed by atoms with Crippen LogP contribution in [0, 0.1) is 0 Å². The van der Waals surface area contributed by atoms with Gasteiger partial charge in [-0.05, 0) is 28.7 Å². The summed E-state index contributed by atoms with van der Waals surface area (Å²) < 4.78 is 0.849. The smallest absolute Gasteiger partial charge is 0.305 e. The predicted octanol–water partition coefficient (Wildman–Crippen LogP) is 2.34. The number of carbonyl (C=O) groups excluding carboxylic acids is 1. The molecule has 0 spiro atoms. The van der Waals surface area contributed by atoms with Crippen LogP contribution in [0.1, 0.15) is 44.4 Å². The average molecular weight is 357 g/mol. The fourth-order valence-electron chi connectivity index (χ4n) is 1.93. The first kappa shape index (κ1) is 17.7. The van der Waals surface area contributed by atoms with Crippen molar-refractivity contribution in [3.63, 3.8) is 0 Å². The minimum absolute atomic E-state index is 0.0792. The van der Waals surface area contributed by atoms with E-state index in [9.17, 15) is 9.59 Å². The van der Waals surface area contributed by atoms with Crippen molar-refractivity contribution in [1.29, 1.82) is 0 Å². The molecule has 1 unspecified atom stereocenters. The van der Waals surface area contributed by atoms with Crippen LogP contribution in [0.15, 0.2) is 22.7 Å². The second-order valence-corrected chi connectivity index (χ2v) is 6.86. The van der Waals surface area contributed by atoms with Crippen molar-refractivity contribution in [1.82, 2.24) is 5.32 Å². The zero-order chi connectivity index (χ0) is 16.2. The lowest BCUT2D eigenvalue weighted by Gasteiger charge is -2.23. The Kier molecular flexibility index (Phi) is 5.92. The van der Waals surface area contributed by atoms with Gasteiger partial charge in [-0.1, -0.05) is 42.8 Å². The maximum atomic E-state index is 11.5. The van der Waals surface area contributed by atoms with Gasteiger partial charge in [0.1, 0.15) is 0 Å². The molecular formula is C15H21BrN2O3. The standard InChI is InChI=1S/C15H21BrN2O3/c1-15(2,3)10-4-9(5-11(16)6-10)12(7-14(20)21)18-13(19)8-17/h4-6,12H,7-8,17H2,1-3H3,(H,18,19)(H,20,21). The van der Waals surface area contributed by atoms with E-state index in [1.165, 1.54) is 0 Å². The number of benzene rings is 1. The summed E-state index contributed by atoms with van der Waals surface area (Å²) in [6.45, 7) is 6.05. The van der Waals surface area contributed by atoms with Gasteiger partial charge in [-0.15, -0.1) is 0 Å². The van der Waals surface area contributed by atoms with Crippen LogP contribution in [0.5, 0.6) is 0 Å². The quantitative estimate of drug-likeness (QED) is 0.754. The maximum absolute atomic E-state index is 11.5. The van der Waals surface area contributed by atoms with Crippen molar-refractivity contribution in [2.24, 2.45) is 5.73 Å². The van der Waals surface area contributed by atoms with Gasteiger partial charge in [-0.25, -0.2) is 0 Å². The SMILES string of the molecule is CC(C)(C)c1cc(Br)cc(C(CC(=O)O)NC(=O)CN)c1. The molecule has 1 aromatic rings. The Labute approximate surface area is 133 Å². The molecule has 0 fully saturated rings. The first-order valence-electron chi connectivity index (χ1n) is 6.65. The number of hydrogen-bond donors (Lipinski definition) is 3. The first-order valence-corrected chi connectivity index (χ1v) is 7.45. The second kappa shape index (κ2) is 7.04. The number of rotatable bonds is 5. The molecule has 0 saturated heterocycles. The number of nitrogens with two attached hydrogens (primary N) is 1. The molecule has 5 nitrogen and oxygen atoms in total. The highest BCUT2D eigenvalue weighted by Crippen LogP contribution is 2.30. The normalized spacial score (nSPS) is 12.8. The lowest BCUT2D eigenvalue weighted by Crippen LogP contribution is -2.35. The molecule has 1 rings (SSSR count). The van der Waals surface area contributed by atoms with Crippen molar-refractivity contribution >= 4 is 27.8 Å². The lowest BCUT2D eigenvalue weighted by molar-refractivity contribution is -0.137. The molecule has 0 aromatic heterocycles. The molecule has 0 saturated carbocycles. The molecule has 0 radical (unpaired) electrons. The summed E-state index contributed by atoms with van der Waals surface area (Å²) in [6.07, 6.45) is -0.189. The lowest BCUT2D eigenvalue weighted by atomic mass is 9.85. The highest BCUT2D eigenvalue weighted by molar-refractivity contribution is 9.10. The van der Waals surface area contributed by atoms with Crippen LogP contribution in [0.25, 0.3) is 0 Å². The number of aliphatic carboxylic acids is 1. The minimum Gasteiger partial charge on any atom is -0.481 e. The number of carboxylic acid groups (broad SMARTS) is 1. The zero-order valence-corrected chi connectivity index (χ0v) is 14.0. The molecule has 6 heteroatoms. The molecule has 4 N–H and O–H groups in total. The molecule has 0 bridgehead atoms. The summed E-state index contributed by atoms with van der Waals surface area (Å²) in [6, 6.07) is 5.14. The molecule has 0 aliphatic heterocycles. The highest BCUT2D eigenvalue weighted by atomic mass is 79.9.